The molecule has 0 aliphatic carbocycles. The Balaban J connectivity index is 1.42. The third kappa shape index (κ3) is 5.40. The lowest BCUT2D eigenvalue weighted by molar-refractivity contribution is -0.119. The average molecular weight is 372 g/mol. The highest BCUT2D eigenvalue weighted by Gasteiger charge is 2.15. The monoisotopic (exact) mass is 371 g/mol. The number of anilines is 2. The van der Waals surface area contributed by atoms with Crippen molar-refractivity contribution in [2.24, 2.45) is 5.92 Å². The van der Waals surface area contributed by atoms with Crippen LogP contribution in [0.3, 0.4) is 0 Å². The zero-order valence-corrected chi connectivity index (χ0v) is 15.9. The second-order valence-electron chi connectivity index (χ2n) is 6.97. The van der Waals surface area contributed by atoms with E-state index in [1.54, 1.807) is 0 Å². The fraction of sp³-hybridized carbons (Fsp3) is 0.381. The molecule has 0 bridgehead atoms. The van der Waals surface area contributed by atoms with Gasteiger partial charge in [-0.3, -0.25) is 4.79 Å². The van der Waals surface area contributed by atoms with Gasteiger partial charge in [-0.1, -0.05) is 30.7 Å². The lowest BCUT2D eigenvalue weighted by atomic mass is 9.99. The fourth-order valence-corrected chi connectivity index (χ4v) is 3.23. The van der Waals surface area contributed by atoms with Crippen molar-refractivity contribution in [1.29, 1.82) is 0 Å². The van der Waals surface area contributed by atoms with E-state index in [4.69, 9.17) is 11.6 Å². The zero-order chi connectivity index (χ0) is 18.4. The van der Waals surface area contributed by atoms with Crippen molar-refractivity contribution in [2.75, 3.05) is 29.9 Å². The SMILES string of the molecule is CC1CCN(c2ccc(NCC(=O)NCc3ccc(Cl)cc3)cc2)CC1. The lowest BCUT2D eigenvalue weighted by Gasteiger charge is -2.32. The van der Waals surface area contributed by atoms with Crippen LogP contribution in [-0.4, -0.2) is 25.5 Å². The van der Waals surface area contributed by atoms with E-state index in [-0.39, 0.29) is 12.5 Å². The summed E-state index contributed by atoms with van der Waals surface area (Å²) in [6.45, 7) is 5.34. The van der Waals surface area contributed by atoms with Crippen molar-refractivity contribution >= 4 is 28.9 Å². The molecule has 1 saturated heterocycles. The smallest absolute Gasteiger partial charge is 0.239 e. The molecule has 1 aliphatic heterocycles. The van der Waals surface area contributed by atoms with Crippen LogP contribution in [0.2, 0.25) is 5.02 Å². The summed E-state index contributed by atoms with van der Waals surface area (Å²) >= 11 is 5.86. The molecular formula is C21H26ClN3O. The number of halogens is 1. The lowest BCUT2D eigenvalue weighted by Crippen LogP contribution is -2.32. The molecule has 1 aliphatic rings. The second-order valence-corrected chi connectivity index (χ2v) is 7.41. The van der Waals surface area contributed by atoms with E-state index in [0.29, 0.717) is 11.6 Å². The number of carbonyl (C=O) groups is 1. The van der Waals surface area contributed by atoms with Gasteiger partial charge in [0.05, 0.1) is 6.54 Å². The summed E-state index contributed by atoms with van der Waals surface area (Å²) in [6.07, 6.45) is 2.52. The number of nitrogens with zero attached hydrogens (tertiary/aromatic N) is 1. The maximum Gasteiger partial charge on any atom is 0.239 e. The van der Waals surface area contributed by atoms with Crippen LogP contribution in [0.1, 0.15) is 25.3 Å². The molecule has 0 atom stereocenters. The summed E-state index contributed by atoms with van der Waals surface area (Å²) in [4.78, 5) is 14.4. The molecule has 2 aromatic rings. The maximum atomic E-state index is 12.0. The number of nitrogens with one attached hydrogen (secondary N) is 2. The number of hydrogen-bond acceptors (Lipinski definition) is 3. The molecule has 0 unspecified atom stereocenters. The number of hydrogen-bond donors (Lipinski definition) is 2. The molecule has 26 heavy (non-hydrogen) atoms. The molecule has 2 N–H and O–H groups in total. The van der Waals surface area contributed by atoms with Crippen LogP contribution in [0.5, 0.6) is 0 Å². The molecule has 0 saturated carbocycles. The molecule has 0 radical (unpaired) electrons. The molecule has 0 spiro atoms. The Labute approximate surface area is 160 Å². The molecular weight excluding hydrogens is 346 g/mol. The van der Waals surface area contributed by atoms with Crippen LogP contribution < -0.4 is 15.5 Å². The van der Waals surface area contributed by atoms with Gasteiger partial charge in [-0.25, -0.2) is 0 Å². The summed E-state index contributed by atoms with van der Waals surface area (Å²) in [5.41, 5.74) is 3.25. The molecule has 1 amide bonds. The van der Waals surface area contributed by atoms with Gasteiger partial charge in [-0.05, 0) is 60.7 Å². The van der Waals surface area contributed by atoms with E-state index in [9.17, 15) is 4.79 Å². The third-order valence-corrected chi connectivity index (χ3v) is 5.12. The Hall–Kier alpha value is -2.20. The minimum Gasteiger partial charge on any atom is -0.376 e. The Kier molecular flexibility index (Phi) is 6.40. The van der Waals surface area contributed by atoms with E-state index in [2.05, 4.69) is 34.6 Å². The highest BCUT2D eigenvalue weighted by atomic mass is 35.5. The summed E-state index contributed by atoms with van der Waals surface area (Å²) < 4.78 is 0. The minimum absolute atomic E-state index is 0.0333. The summed E-state index contributed by atoms with van der Waals surface area (Å²) in [7, 11) is 0. The van der Waals surface area contributed by atoms with Gasteiger partial charge in [0, 0.05) is 36.0 Å². The van der Waals surface area contributed by atoms with Crippen LogP contribution in [0.15, 0.2) is 48.5 Å². The molecule has 1 fully saturated rings. The number of piperidine rings is 1. The molecule has 0 aromatic heterocycles. The summed E-state index contributed by atoms with van der Waals surface area (Å²) in [6, 6.07) is 15.8. The van der Waals surface area contributed by atoms with Crippen molar-refractivity contribution in [3.05, 3.63) is 59.1 Å². The number of benzene rings is 2. The van der Waals surface area contributed by atoms with Crippen molar-refractivity contribution in [3.8, 4) is 0 Å². The molecule has 4 nitrogen and oxygen atoms in total. The normalized spacial score (nSPS) is 14.9. The van der Waals surface area contributed by atoms with E-state index in [1.807, 2.05) is 36.4 Å². The largest absolute Gasteiger partial charge is 0.376 e. The van der Waals surface area contributed by atoms with Gasteiger partial charge in [-0.15, -0.1) is 0 Å². The zero-order valence-electron chi connectivity index (χ0n) is 15.2. The van der Waals surface area contributed by atoms with Crippen LogP contribution in [0, 0.1) is 5.92 Å². The molecule has 1 heterocycles. The predicted molar refractivity (Wildman–Crippen MR) is 109 cm³/mol. The first-order valence-electron chi connectivity index (χ1n) is 9.20. The van der Waals surface area contributed by atoms with Crippen LogP contribution in [0.4, 0.5) is 11.4 Å². The Morgan fingerprint density at radius 1 is 1.08 bits per heavy atom. The predicted octanol–water partition coefficient (Wildman–Crippen LogP) is 4.30. The fourth-order valence-electron chi connectivity index (χ4n) is 3.10. The number of amides is 1. The van der Waals surface area contributed by atoms with Gasteiger partial charge in [-0.2, -0.15) is 0 Å². The molecule has 138 valence electrons. The Bertz CT molecular complexity index is 707. The van der Waals surface area contributed by atoms with Crippen molar-refractivity contribution < 1.29 is 4.79 Å². The van der Waals surface area contributed by atoms with Crippen molar-refractivity contribution in [3.63, 3.8) is 0 Å². The highest BCUT2D eigenvalue weighted by Crippen LogP contribution is 2.24. The van der Waals surface area contributed by atoms with E-state index in [1.165, 1.54) is 18.5 Å². The van der Waals surface area contributed by atoms with Gasteiger partial charge >= 0.3 is 0 Å². The molecule has 5 heteroatoms. The number of carbonyl (C=O) groups excluding carboxylic acids is 1. The highest BCUT2D eigenvalue weighted by molar-refractivity contribution is 6.30. The van der Waals surface area contributed by atoms with Crippen LogP contribution in [-0.2, 0) is 11.3 Å². The average Bonchev–Trinajstić information content (AvgIpc) is 2.67. The van der Waals surface area contributed by atoms with Gasteiger partial charge in [0.25, 0.3) is 0 Å². The molecule has 3 rings (SSSR count). The van der Waals surface area contributed by atoms with Crippen molar-refractivity contribution in [2.45, 2.75) is 26.3 Å². The first-order chi connectivity index (χ1) is 12.6. The first-order valence-corrected chi connectivity index (χ1v) is 9.58. The van der Waals surface area contributed by atoms with E-state index < -0.39 is 0 Å². The summed E-state index contributed by atoms with van der Waals surface area (Å²) in [5, 5.41) is 6.78. The van der Waals surface area contributed by atoms with Crippen LogP contribution in [0.25, 0.3) is 0 Å². The first kappa shape index (κ1) is 18.6. The Morgan fingerprint density at radius 3 is 2.38 bits per heavy atom. The minimum atomic E-state index is -0.0333. The van der Waals surface area contributed by atoms with E-state index in [0.717, 1.165) is 30.3 Å². The van der Waals surface area contributed by atoms with E-state index >= 15 is 0 Å². The van der Waals surface area contributed by atoms with Gasteiger partial charge < -0.3 is 15.5 Å². The third-order valence-electron chi connectivity index (χ3n) is 4.87. The topological polar surface area (TPSA) is 44.4 Å². The standard InChI is InChI=1S/C21H26ClN3O/c1-16-10-12-25(13-11-16)20-8-6-19(7-9-20)23-15-21(26)24-14-17-2-4-18(22)5-3-17/h2-9,16,23H,10-15H2,1H3,(H,24,26). The quantitative estimate of drug-likeness (QED) is 0.795. The maximum absolute atomic E-state index is 12.0. The second kappa shape index (κ2) is 8.95. The van der Waals surface area contributed by atoms with Gasteiger partial charge in [0.15, 0.2) is 0 Å². The summed E-state index contributed by atoms with van der Waals surface area (Å²) in [5.74, 6) is 0.799. The molecule has 2 aromatic carbocycles. The van der Waals surface area contributed by atoms with Gasteiger partial charge in [0.2, 0.25) is 5.91 Å². The Morgan fingerprint density at radius 2 is 1.73 bits per heavy atom. The van der Waals surface area contributed by atoms with Gasteiger partial charge in [0.1, 0.15) is 0 Å². The van der Waals surface area contributed by atoms with Crippen molar-refractivity contribution in [1.82, 2.24) is 5.32 Å². The number of rotatable bonds is 6. The van der Waals surface area contributed by atoms with Crippen LogP contribution >= 0.6 is 11.6 Å².